The van der Waals surface area contributed by atoms with E-state index in [1.54, 1.807) is 0 Å². The largest absolute Gasteiger partial charge is 0.147 e. The Morgan fingerprint density at radius 1 is 0.962 bits per heavy atom. The Bertz CT molecular complexity index is 672. The van der Waals surface area contributed by atoms with Gasteiger partial charge in [0.1, 0.15) is 0 Å². The fourth-order valence-corrected chi connectivity index (χ4v) is 6.33. The number of aromatic hydroxyl groups is 1. The van der Waals surface area contributed by atoms with Crippen LogP contribution in [0.4, 0.5) is 0 Å². The fraction of sp³-hybridized carbons (Fsp3) is 0.667. The summed E-state index contributed by atoms with van der Waals surface area (Å²) in [4.78, 5) is 2.28. The van der Waals surface area contributed by atoms with E-state index < -0.39 is 13.9 Å². The van der Waals surface area contributed by atoms with E-state index in [1.807, 2.05) is 0 Å². The molecule has 1 aliphatic heterocycles. The van der Waals surface area contributed by atoms with Crippen LogP contribution in [0.5, 0.6) is 5.75 Å². The molecule has 5 heteroatoms. The number of hydrogen-bond donors (Lipinski definition) is 3. The van der Waals surface area contributed by atoms with Gasteiger partial charge in [-0.1, -0.05) is 0 Å². The zero-order valence-corrected chi connectivity index (χ0v) is 18.9. The van der Waals surface area contributed by atoms with E-state index in [2.05, 4.69) is 67.3 Å². The molecule has 2 fully saturated rings. The predicted octanol–water partition coefficient (Wildman–Crippen LogP) is 4.51. The standard InChI is InChI=1S/C15H22O.C6H12N2.ClH.Mn/c1-10-8-11(14(2,3)4)9-12(13(10)16)15(5,6)7;7-5-3-1-2-4-6(5)8;;/h1,8-9,16H,2-7H3;5-8H,1-4H2;1H;/q;-2;;+2. The Labute approximate surface area is 169 Å². The predicted molar refractivity (Wildman–Crippen MR) is 110 cm³/mol. The molecular weight excluding hydrogens is 387 g/mol. The third kappa shape index (κ3) is 4.72. The number of rotatable bonds is 1. The van der Waals surface area contributed by atoms with Crippen LogP contribution in [-0.4, -0.2) is 22.1 Å². The van der Waals surface area contributed by atoms with E-state index in [0.29, 0.717) is 17.8 Å². The molecule has 2 atom stereocenters. The van der Waals surface area contributed by atoms with Crippen molar-refractivity contribution < 1.29 is 19.0 Å². The molecule has 3 N–H and O–H groups in total. The second-order valence-electron chi connectivity index (χ2n) is 9.60. The summed E-state index contributed by atoms with van der Waals surface area (Å²) in [5, 5.41) is 11.0. The smallest absolute Gasteiger partial charge is 0.147 e. The van der Waals surface area contributed by atoms with Crippen molar-refractivity contribution in [1.82, 2.24) is 8.67 Å². The van der Waals surface area contributed by atoms with Crippen molar-refractivity contribution in [3.05, 3.63) is 28.8 Å². The van der Waals surface area contributed by atoms with Gasteiger partial charge in [0.15, 0.2) is 0 Å². The number of phenols is 1. The van der Waals surface area contributed by atoms with E-state index in [0.717, 1.165) is 11.1 Å². The van der Waals surface area contributed by atoms with Crippen molar-refractivity contribution in [2.24, 2.45) is 0 Å². The molecule has 0 amide bonds. The topological polar surface area (TPSA) is 44.3 Å². The van der Waals surface area contributed by atoms with E-state index >= 15 is 0 Å². The molecule has 1 aromatic rings. The van der Waals surface area contributed by atoms with Gasteiger partial charge in [-0.25, -0.2) is 0 Å². The van der Waals surface area contributed by atoms with Crippen LogP contribution in [0.1, 0.15) is 83.9 Å². The van der Waals surface area contributed by atoms with Crippen molar-refractivity contribution >= 4 is 17.3 Å². The molecule has 0 bridgehead atoms. The number of phenolic OH excluding ortho intramolecular Hbond substituents is 1. The molecule has 3 rings (SSSR count). The number of nitrogens with one attached hydrogen (secondary N) is 2. The van der Waals surface area contributed by atoms with E-state index in [-0.39, 0.29) is 23.2 Å². The minimum absolute atomic E-state index is 0. The van der Waals surface area contributed by atoms with Gasteiger partial charge in [-0.3, -0.25) is 0 Å². The first-order valence-electron chi connectivity index (χ1n) is 9.49. The van der Waals surface area contributed by atoms with Crippen molar-refractivity contribution in [2.45, 2.75) is 90.1 Å². The average Bonchev–Trinajstić information content (AvgIpc) is 2.89. The van der Waals surface area contributed by atoms with Crippen LogP contribution in [-0.2, 0) is 24.7 Å². The molecule has 1 aromatic carbocycles. The van der Waals surface area contributed by atoms with Crippen LogP contribution in [0.3, 0.4) is 0 Å². The number of fused-ring (bicyclic) bond motifs is 1. The Morgan fingerprint density at radius 3 is 1.96 bits per heavy atom. The van der Waals surface area contributed by atoms with E-state index in [4.69, 9.17) is 0 Å². The van der Waals surface area contributed by atoms with Gasteiger partial charge >= 0.3 is 157 Å². The van der Waals surface area contributed by atoms with Crippen molar-refractivity contribution in [2.75, 3.05) is 0 Å². The van der Waals surface area contributed by atoms with Crippen LogP contribution >= 0.6 is 12.4 Å². The van der Waals surface area contributed by atoms with Gasteiger partial charge in [0.25, 0.3) is 0 Å². The summed E-state index contributed by atoms with van der Waals surface area (Å²) >= 11 is -1.00. The number of hydrogen-bond acceptors (Lipinski definition) is 3. The maximum absolute atomic E-state index is 11.0. The van der Waals surface area contributed by atoms with Gasteiger partial charge in [-0.15, -0.1) is 12.4 Å². The first-order valence-corrected chi connectivity index (χ1v) is 11.4. The monoisotopic (exact) mass is 421 g/mol. The van der Waals surface area contributed by atoms with Gasteiger partial charge in [0, 0.05) is 0 Å². The summed E-state index contributed by atoms with van der Waals surface area (Å²) in [5.74, 6) is 0.456. The summed E-state index contributed by atoms with van der Waals surface area (Å²) < 4.78 is 7.62. The fourth-order valence-electron chi connectivity index (χ4n) is 3.65. The molecular formula is C21H35ClMnN2O. The van der Waals surface area contributed by atoms with E-state index in [1.165, 1.54) is 31.2 Å². The molecule has 1 saturated heterocycles. The SMILES string of the molecule is CC(C)(C)c1cc([CH]=[Mn]2[NH]C3CCCCC3[NH]2)c(O)c(C(C)(C)C)c1.Cl. The van der Waals surface area contributed by atoms with Gasteiger partial charge < -0.3 is 0 Å². The molecule has 2 aliphatic rings. The van der Waals surface area contributed by atoms with Crippen LogP contribution in [0, 0.1) is 0 Å². The van der Waals surface area contributed by atoms with Crippen molar-refractivity contribution in [3.8, 4) is 5.75 Å². The molecule has 0 aromatic heterocycles. The first kappa shape index (κ1) is 21.9. The van der Waals surface area contributed by atoms with Gasteiger partial charge in [-0.2, -0.15) is 0 Å². The quantitative estimate of drug-likeness (QED) is 0.584. The molecule has 149 valence electrons. The molecule has 0 spiro atoms. The minimum Gasteiger partial charge on any atom is -0.147 e. The Hall–Kier alpha value is -0.381. The minimum atomic E-state index is -1.00. The van der Waals surface area contributed by atoms with Crippen molar-refractivity contribution in [3.63, 3.8) is 0 Å². The Kier molecular flexibility index (Phi) is 6.68. The molecule has 2 unspecified atom stereocenters. The molecule has 26 heavy (non-hydrogen) atoms. The summed E-state index contributed by atoms with van der Waals surface area (Å²) in [6, 6.07) is 5.62. The normalized spacial score (nSPS) is 24.1. The Morgan fingerprint density at radius 2 is 1.50 bits per heavy atom. The van der Waals surface area contributed by atoms with Crippen LogP contribution in [0.2, 0.25) is 0 Å². The Balaban J connectivity index is 0.00000243. The van der Waals surface area contributed by atoms with Gasteiger partial charge in [0.05, 0.1) is 0 Å². The summed E-state index contributed by atoms with van der Waals surface area (Å²) in [5.41, 5.74) is 3.32. The summed E-state index contributed by atoms with van der Waals surface area (Å²) in [6.07, 6.45) is 5.23. The maximum atomic E-state index is 11.0. The molecule has 0 radical (unpaired) electrons. The number of halogens is 1. The molecule has 1 heterocycles. The molecule has 3 nitrogen and oxygen atoms in total. The third-order valence-electron chi connectivity index (χ3n) is 5.32. The third-order valence-corrected chi connectivity index (χ3v) is 7.64. The second kappa shape index (κ2) is 7.93. The molecule has 1 aliphatic carbocycles. The molecule has 1 saturated carbocycles. The maximum Gasteiger partial charge on any atom is -0.147 e. The van der Waals surface area contributed by atoms with E-state index in [9.17, 15) is 5.11 Å². The van der Waals surface area contributed by atoms with Crippen molar-refractivity contribution in [1.29, 1.82) is 0 Å². The first-order chi connectivity index (χ1) is 11.6. The zero-order valence-electron chi connectivity index (χ0n) is 16.9. The number of benzene rings is 1. The van der Waals surface area contributed by atoms with Gasteiger partial charge in [-0.05, 0) is 0 Å². The summed E-state index contributed by atoms with van der Waals surface area (Å²) in [6.45, 7) is 13.2. The van der Waals surface area contributed by atoms with Crippen LogP contribution < -0.4 is 8.67 Å². The zero-order chi connectivity index (χ0) is 18.4. The average molecular weight is 422 g/mol. The van der Waals surface area contributed by atoms with Crippen LogP contribution in [0.25, 0.3) is 0 Å². The van der Waals surface area contributed by atoms with Gasteiger partial charge in [0.2, 0.25) is 0 Å². The van der Waals surface area contributed by atoms with Crippen LogP contribution in [0.15, 0.2) is 12.1 Å². The summed E-state index contributed by atoms with van der Waals surface area (Å²) in [7, 11) is 0. The second-order valence-corrected chi connectivity index (χ2v) is 11.6.